The molecule has 1 aliphatic heterocycles. The number of hydrogen-bond donors (Lipinski definition) is 5. The third-order valence-electron chi connectivity index (χ3n) is 4.55. The van der Waals surface area contributed by atoms with E-state index in [0.29, 0.717) is 10.6 Å². The number of nitrogens with one attached hydrogen (secondary N) is 1. The summed E-state index contributed by atoms with van der Waals surface area (Å²) in [5.74, 6) is 0.268. The minimum Gasteiger partial charge on any atom is -0.394 e. The van der Waals surface area contributed by atoms with E-state index >= 15 is 0 Å². The molecule has 12 heteroatoms. The number of nitrogens with zero attached hydrogens (tertiary/aromatic N) is 5. The van der Waals surface area contributed by atoms with Crippen molar-refractivity contribution in [3.63, 3.8) is 0 Å². The van der Waals surface area contributed by atoms with Gasteiger partial charge in [0.1, 0.15) is 24.6 Å². The van der Waals surface area contributed by atoms with Crippen LogP contribution >= 0.6 is 11.6 Å². The van der Waals surface area contributed by atoms with E-state index in [-0.39, 0.29) is 22.9 Å². The smallest absolute Gasteiger partial charge is 0.228 e. The number of hydrazone groups is 1. The van der Waals surface area contributed by atoms with E-state index in [9.17, 15) is 15.3 Å². The molecule has 6 N–H and O–H groups in total. The summed E-state index contributed by atoms with van der Waals surface area (Å²) < 4.78 is 7.01. The third-order valence-corrected chi connectivity index (χ3v) is 4.89. The lowest BCUT2D eigenvalue weighted by Crippen LogP contribution is -2.33. The maximum absolute atomic E-state index is 10.4. The number of hydrogen-bond acceptors (Lipinski definition) is 10. The van der Waals surface area contributed by atoms with Gasteiger partial charge in [-0.05, 0) is 6.07 Å². The molecule has 0 aliphatic carbocycles. The number of nitrogens with two attached hydrogens (primary N) is 1. The Hall–Kier alpha value is -2.83. The zero-order valence-electron chi connectivity index (χ0n) is 14.9. The molecule has 3 aromatic rings. The quantitative estimate of drug-likeness (QED) is 0.285. The SMILES string of the molecule is Nc1ncnc2c1nc(N/N=C\c1ccccc1Cl)n2[C@H]1O[C@@H](CO)[C@@H](O)[C@H]1O. The van der Waals surface area contributed by atoms with Crippen molar-refractivity contribution in [2.45, 2.75) is 24.5 Å². The van der Waals surface area contributed by atoms with Crippen molar-refractivity contribution in [2.75, 3.05) is 17.8 Å². The highest BCUT2D eigenvalue weighted by Gasteiger charge is 2.45. The van der Waals surface area contributed by atoms with Gasteiger partial charge in [-0.25, -0.2) is 20.4 Å². The maximum atomic E-state index is 10.4. The molecule has 1 fully saturated rings. The highest BCUT2D eigenvalue weighted by molar-refractivity contribution is 6.33. The van der Waals surface area contributed by atoms with Gasteiger partial charge >= 0.3 is 0 Å². The molecule has 1 aliphatic rings. The van der Waals surface area contributed by atoms with E-state index in [2.05, 4.69) is 25.5 Å². The number of nitrogen functional groups attached to an aromatic ring is 1. The van der Waals surface area contributed by atoms with Gasteiger partial charge in [-0.15, -0.1) is 0 Å². The topological polar surface area (TPSA) is 164 Å². The Morgan fingerprint density at radius 2 is 2.07 bits per heavy atom. The standard InChI is InChI=1S/C17H18ClN7O4/c18-9-4-2-1-3-8(9)5-22-24-17-23-11-14(19)20-7-21-15(11)25(17)16-13(28)12(27)10(6-26)29-16/h1-5,7,10,12-13,16,26-28H,6H2,(H,23,24)(H2,19,20,21)/b22-5-/t10-,12+,13+,16-/m0/s1. The molecule has 4 atom stereocenters. The Morgan fingerprint density at radius 3 is 2.79 bits per heavy atom. The number of ether oxygens (including phenoxy) is 1. The molecule has 0 spiro atoms. The zero-order valence-corrected chi connectivity index (χ0v) is 15.7. The first-order valence-electron chi connectivity index (χ1n) is 8.65. The van der Waals surface area contributed by atoms with Crippen molar-refractivity contribution < 1.29 is 20.1 Å². The Morgan fingerprint density at radius 1 is 1.28 bits per heavy atom. The molecular formula is C17H18ClN7O4. The van der Waals surface area contributed by atoms with Crippen molar-refractivity contribution in [1.29, 1.82) is 0 Å². The summed E-state index contributed by atoms with van der Waals surface area (Å²) in [6, 6.07) is 7.13. The van der Waals surface area contributed by atoms with Crippen LogP contribution < -0.4 is 11.2 Å². The zero-order chi connectivity index (χ0) is 20.5. The van der Waals surface area contributed by atoms with Gasteiger partial charge in [-0.2, -0.15) is 5.10 Å². The average molecular weight is 420 g/mol. The molecule has 0 unspecified atom stereocenters. The number of aliphatic hydroxyl groups excluding tert-OH is 3. The van der Waals surface area contributed by atoms with Gasteiger partial charge < -0.3 is 25.8 Å². The minimum atomic E-state index is -1.34. The number of halogens is 1. The Bertz CT molecular complexity index is 1060. The predicted molar refractivity (Wildman–Crippen MR) is 105 cm³/mol. The predicted octanol–water partition coefficient (Wildman–Crippen LogP) is 0.119. The van der Waals surface area contributed by atoms with Crippen LogP contribution in [-0.4, -0.2) is 66.0 Å². The van der Waals surface area contributed by atoms with Gasteiger partial charge in [0.15, 0.2) is 23.2 Å². The van der Waals surface area contributed by atoms with Crippen molar-refractivity contribution in [3.8, 4) is 0 Å². The fraction of sp³-hybridized carbons (Fsp3) is 0.294. The molecular weight excluding hydrogens is 402 g/mol. The molecule has 11 nitrogen and oxygen atoms in total. The first-order valence-corrected chi connectivity index (χ1v) is 9.03. The van der Waals surface area contributed by atoms with E-state index in [1.165, 1.54) is 17.1 Å². The third kappa shape index (κ3) is 3.50. The van der Waals surface area contributed by atoms with Crippen LogP contribution in [0.2, 0.25) is 5.02 Å². The molecule has 1 aromatic carbocycles. The molecule has 29 heavy (non-hydrogen) atoms. The summed E-state index contributed by atoms with van der Waals surface area (Å²) in [5.41, 5.74) is 9.85. The van der Waals surface area contributed by atoms with Gasteiger partial charge in [0, 0.05) is 10.6 Å². The summed E-state index contributed by atoms with van der Waals surface area (Å²) in [6.45, 7) is -0.466. The molecule has 152 valence electrons. The fourth-order valence-corrected chi connectivity index (χ4v) is 3.26. The lowest BCUT2D eigenvalue weighted by atomic mass is 10.1. The average Bonchev–Trinajstić information content (AvgIpc) is 3.22. The number of anilines is 2. The lowest BCUT2D eigenvalue weighted by Gasteiger charge is -2.18. The molecule has 4 rings (SSSR count). The van der Waals surface area contributed by atoms with Gasteiger partial charge in [-0.1, -0.05) is 29.8 Å². The van der Waals surface area contributed by atoms with E-state index < -0.39 is 31.1 Å². The van der Waals surface area contributed by atoms with E-state index in [1.54, 1.807) is 18.2 Å². The van der Waals surface area contributed by atoms with Crippen LogP contribution in [-0.2, 0) is 4.74 Å². The molecule has 0 amide bonds. The largest absolute Gasteiger partial charge is 0.394 e. The second-order valence-electron chi connectivity index (χ2n) is 6.36. The van der Waals surface area contributed by atoms with Crippen LogP contribution in [0.3, 0.4) is 0 Å². The van der Waals surface area contributed by atoms with Crippen LogP contribution in [0.5, 0.6) is 0 Å². The minimum absolute atomic E-state index is 0.124. The molecule has 0 bridgehead atoms. The number of fused-ring (bicyclic) bond motifs is 1. The Kier molecular flexibility index (Phi) is 5.30. The molecule has 1 saturated heterocycles. The molecule has 2 aromatic heterocycles. The molecule has 0 saturated carbocycles. The summed E-state index contributed by atoms with van der Waals surface area (Å²) in [6.07, 6.45) is -1.94. The van der Waals surface area contributed by atoms with Crippen LogP contribution in [0.25, 0.3) is 11.2 Å². The second-order valence-corrected chi connectivity index (χ2v) is 6.76. The normalized spacial score (nSPS) is 24.6. The summed E-state index contributed by atoms with van der Waals surface area (Å²) in [7, 11) is 0. The van der Waals surface area contributed by atoms with E-state index in [4.69, 9.17) is 22.1 Å². The highest BCUT2D eigenvalue weighted by Crippen LogP contribution is 2.35. The number of aliphatic hydroxyl groups is 3. The van der Waals surface area contributed by atoms with Crippen LogP contribution in [0, 0.1) is 0 Å². The van der Waals surface area contributed by atoms with Gasteiger partial charge in [0.05, 0.1) is 12.8 Å². The summed E-state index contributed by atoms with van der Waals surface area (Å²) in [4.78, 5) is 12.4. The molecule has 3 heterocycles. The number of aromatic nitrogens is 4. The van der Waals surface area contributed by atoms with Crippen molar-refractivity contribution >= 4 is 40.7 Å². The van der Waals surface area contributed by atoms with E-state index in [1.807, 2.05) is 6.07 Å². The van der Waals surface area contributed by atoms with Gasteiger partial charge in [0.2, 0.25) is 5.95 Å². The highest BCUT2D eigenvalue weighted by atomic mass is 35.5. The van der Waals surface area contributed by atoms with Crippen LogP contribution in [0.15, 0.2) is 35.7 Å². The molecule has 0 radical (unpaired) electrons. The van der Waals surface area contributed by atoms with E-state index in [0.717, 1.165) is 0 Å². The monoisotopic (exact) mass is 419 g/mol. The summed E-state index contributed by atoms with van der Waals surface area (Å²) in [5, 5.41) is 34.6. The first-order chi connectivity index (χ1) is 14.0. The van der Waals surface area contributed by atoms with Crippen molar-refractivity contribution in [3.05, 3.63) is 41.2 Å². The fourth-order valence-electron chi connectivity index (χ4n) is 3.08. The maximum Gasteiger partial charge on any atom is 0.228 e. The van der Waals surface area contributed by atoms with Crippen LogP contribution in [0.1, 0.15) is 11.8 Å². The van der Waals surface area contributed by atoms with Crippen LogP contribution in [0.4, 0.5) is 11.8 Å². The lowest BCUT2D eigenvalue weighted by molar-refractivity contribution is -0.0501. The number of imidazole rings is 1. The second kappa shape index (κ2) is 7.89. The number of benzene rings is 1. The van der Waals surface area contributed by atoms with Gasteiger partial charge in [-0.3, -0.25) is 4.57 Å². The van der Waals surface area contributed by atoms with Crippen molar-refractivity contribution in [1.82, 2.24) is 19.5 Å². The number of rotatable bonds is 5. The Balaban J connectivity index is 1.73. The van der Waals surface area contributed by atoms with Gasteiger partial charge in [0.25, 0.3) is 0 Å². The van der Waals surface area contributed by atoms with Crippen molar-refractivity contribution in [2.24, 2.45) is 5.10 Å². The Labute approximate surface area is 169 Å². The summed E-state index contributed by atoms with van der Waals surface area (Å²) >= 11 is 6.11. The first kappa shape index (κ1) is 19.5.